The van der Waals surface area contributed by atoms with Gasteiger partial charge in [0.15, 0.2) is 0 Å². The highest BCUT2D eigenvalue weighted by Gasteiger charge is 2.23. The Kier molecular flexibility index (Phi) is 6.68. The van der Waals surface area contributed by atoms with Gasteiger partial charge in [-0.05, 0) is 50.6 Å². The topological polar surface area (TPSA) is 28.9 Å². The van der Waals surface area contributed by atoms with E-state index in [1.54, 1.807) is 7.11 Å². The van der Waals surface area contributed by atoms with Crippen molar-refractivity contribution in [2.24, 2.45) is 0 Å². The van der Waals surface area contributed by atoms with E-state index in [0.717, 1.165) is 44.1 Å². The average Bonchev–Trinajstić information content (AvgIpc) is 3.08. The number of benzene rings is 1. The molecule has 1 aliphatic heterocycles. The molecule has 0 aliphatic carbocycles. The zero-order chi connectivity index (χ0) is 17.5. The standard InChI is InChI=1S/C21H30N2O2/c1-22(14-12-18-7-4-3-5-8-18)19-9-6-13-23(15-19)16-20-10-11-21(25-20)17-24-2/h3-5,7-8,10-11,19H,6,9,12-17H2,1-2H3. The Morgan fingerprint density at radius 2 is 1.96 bits per heavy atom. The smallest absolute Gasteiger partial charge is 0.129 e. The van der Waals surface area contributed by atoms with Crippen LogP contribution in [0.2, 0.25) is 0 Å². The van der Waals surface area contributed by atoms with Crippen LogP contribution in [-0.2, 0) is 24.3 Å². The number of rotatable bonds is 8. The monoisotopic (exact) mass is 342 g/mol. The molecule has 1 atom stereocenters. The third-order valence-corrected chi connectivity index (χ3v) is 5.08. The van der Waals surface area contributed by atoms with Gasteiger partial charge in [-0.15, -0.1) is 0 Å². The van der Waals surface area contributed by atoms with Crippen LogP contribution in [0.5, 0.6) is 0 Å². The molecule has 2 heterocycles. The molecule has 2 aromatic rings. The van der Waals surface area contributed by atoms with Crippen molar-refractivity contribution in [3.05, 3.63) is 59.5 Å². The third-order valence-electron chi connectivity index (χ3n) is 5.08. The lowest BCUT2D eigenvalue weighted by atomic mass is 10.0. The van der Waals surface area contributed by atoms with Crippen LogP contribution < -0.4 is 0 Å². The highest BCUT2D eigenvalue weighted by Crippen LogP contribution is 2.19. The van der Waals surface area contributed by atoms with Crippen LogP contribution in [0.25, 0.3) is 0 Å². The Morgan fingerprint density at radius 1 is 1.16 bits per heavy atom. The molecular formula is C21H30N2O2. The van der Waals surface area contributed by atoms with Crippen LogP contribution in [0.4, 0.5) is 0 Å². The van der Waals surface area contributed by atoms with Crippen molar-refractivity contribution in [1.29, 1.82) is 0 Å². The molecule has 3 rings (SSSR count). The summed E-state index contributed by atoms with van der Waals surface area (Å²) in [5, 5.41) is 0. The average molecular weight is 342 g/mol. The molecule has 4 heteroatoms. The summed E-state index contributed by atoms with van der Waals surface area (Å²) >= 11 is 0. The number of hydrogen-bond acceptors (Lipinski definition) is 4. The number of ether oxygens (including phenoxy) is 1. The van der Waals surface area contributed by atoms with E-state index < -0.39 is 0 Å². The Morgan fingerprint density at radius 3 is 2.76 bits per heavy atom. The molecule has 0 saturated carbocycles. The van der Waals surface area contributed by atoms with E-state index in [2.05, 4.69) is 53.2 Å². The first-order valence-corrected chi connectivity index (χ1v) is 9.27. The lowest BCUT2D eigenvalue weighted by Crippen LogP contribution is -2.46. The minimum Gasteiger partial charge on any atom is -0.462 e. The van der Waals surface area contributed by atoms with Crippen LogP contribution in [0.1, 0.15) is 29.9 Å². The molecule has 25 heavy (non-hydrogen) atoms. The molecule has 0 amide bonds. The molecule has 0 radical (unpaired) electrons. The highest BCUT2D eigenvalue weighted by molar-refractivity contribution is 5.15. The van der Waals surface area contributed by atoms with Gasteiger partial charge in [0.05, 0.1) is 6.54 Å². The molecule has 1 fully saturated rings. The number of nitrogens with zero attached hydrogens (tertiary/aromatic N) is 2. The molecule has 1 aromatic heterocycles. The van der Waals surface area contributed by atoms with Crippen molar-refractivity contribution < 1.29 is 9.15 Å². The molecule has 0 spiro atoms. The molecule has 0 N–H and O–H groups in total. The quantitative estimate of drug-likeness (QED) is 0.733. The fraction of sp³-hybridized carbons (Fsp3) is 0.524. The zero-order valence-electron chi connectivity index (χ0n) is 15.5. The van der Waals surface area contributed by atoms with E-state index in [1.165, 1.54) is 18.4 Å². The van der Waals surface area contributed by atoms with Gasteiger partial charge in [0.2, 0.25) is 0 Å². The second kappa shape index (κ2) is 9.18. The Balaban J connectivity index is 1.48. The minimum absolute atomic E-state index is 0.546. The highest BCUT2D eigenvalue weighted by atomic mass is 16.5. The summed E-state index contributed by atoms with van der Waals surface area (Å²) in [6, 6.07) is 15.5. The van der Waals surface area contributed by atoms with Gasteiger partial charge in [-0.25, -0.2) is 0 Å². The van der Waals surface area contributed by atoms with Crippen molar-refractivity contribution in [3.8, 4) is 0 Å². The van der Waals surface area contributed by atoms with E-state index in [0.29, 0.717) is 12.6 Å². The number of furan rings is 1. The summed E-state index contributed by atoms with van der Waals surface area (Å²) in [6.07, 6.45) is 3.66. The second-order valence-electron chi connectivity index (χ2n) is 7.05. The summed E-state index contributed by atoms with van der Waals surface area (Å²) in [7, 11) is 3.96. The fourth-order valence-electron chi connectivity index (χ4n) is 3.61. The third kappa shape index (κ3) is 5.43. The van der Waals surface area contributed by atoms with Crippen molar-refractivity contribution in [1.82, 2.24) is 9.80 Å². The lowest BCUT2D eigenvalue weighted by molar-refractivity contribution is 0.105. The zero-order valence-corrected chi connectivity index (χ0v) is 15.5. The van der Waals surface area contributed by atoms with E-state index in [9.17, 15) is 0 Å². The van der Waals surface area contributed by atoms with Crippen LogP contribution in [-0.4, -0.2) is 49.6 Å². The number of methoxy groups -OCH3 is 1. The van der Waals surface area contributed by atoms with Gasteiger partial charge in [-0.2, -0.15) is 0 Å². The predicted octanol–water partition coefficient (Wildman–Crippen LogP) is 3.56. The first-order valence-electron chi connectivity index (χ1n) is 9.27. The molecule has 1 aliphatic rings. The van der Waals surface area contributed by atoms with Gasteiger partial charge in [-0.3, -0.25) is 4.90 Å². The van der Waals surface area contributed by atoms with Crippen molar-refractivity contribution in [2.45, 2.75) is 38.5 Å². The maximum atomic E-state index is 5.85. The van der Waals surface area contributed by atoms with E-state index in [-0.39, 0.29) is 0 Å². The summed E-state index contributed by atoms with van der Waals surface area (Å²) in [5.74, 6) is 1.95. The van der Waals surface area contributed by atoms with Crippen LogP contribution in [0, 0.1) is 0 Å². The van der Waals surface area contributed by atoms with E-state index in [1.807, 2.05) is 6.07 Å². The predicted molar refractivity (Wildman–Crippen MR) is 100 cm³/mol. The van der Waals surface area contributed by atoms with Gasteiger partial charge in [0.25, 0.3) is 0 Å². The first kappa shape index (κ1) is 18.2. The van der Waals surface area contributed by atoms with Gasteiger partial charge in [0.1, 0.15) is 18.1 Å². The molecule has 136 valence electrons. The van der Waals surface area contributed by atoms with Crippen molar-refractivity contribution in [3.63, 3.8) is 0 Å². The van der Waals surface area contributed by atoms with Crippen LogP contribution in [0.15, 0.2) is 46.9 Å². The van der Waals surface area contributed by atoms with Crippen molar-refractivity contribution >= 4 is 0 Å². The van der Waals surface area contributed by atoms with Crippen molar-refractivity contribution in [2.75, 3.05) is 33.8 Å². The molecular weight excluding hydrogens is 312 g/mol. The molecule has 1 aromatic carbocycles. The number of likely N-dealkylation sites (N-methyl/N-ethyl adjacent to an activating group) is 1. The van der Waals surface area contributed by atoms with Crippen LogP contribution >= 0.6 is 0 Å². The van der Waals surface area contributed by atoms with Gasteiger partial charge < -0.3 is 14.1 Å². The maximum absolute atomic E-state index is 5.85. The van der Waals surface area contributed by atoms with E-state index in [4.69, 9.17) is 9.15 Å². The summed E-state index contributed by atoms with van der Waals surface area (Å²) < 4.78 is 11.0. The largest absolute Gasteiger partial charge is 0.462 e. The molecule has 0 bridgehead atoms. The lowest BCUT2D eigenvalue weighted by Gasteiger charge is -2.37. The summed E-state index contributed by atoms with van der Waals surface area (Å²) in [4.78, 5) is 5.04. The normalized spacial score (nSPS) is 18.8. The first-order chi connectivity index (χ1) is 12.2. The number of likely N-dealkylation sites (tertiary alicyclic amines) is 1. The van der Waals surface area contributed by atoms with Gasteiger partial charge in [-0.1, -0.05) is 30.3 Å². The van der Waals surface area contributed by atoms with E-state index >= 15 is 0 Å². The van der Waals surface area contributed by atoms with Gasteiger partial charge in [0, 0.05) is 26.2 Å². The summed E-state index contributed by atoms with van der Waals surface area (Å²) in [6.45, 7) is 4.83. The molecule has 1 saturated heterocycles. The second-order valence-corrected chi connectivity index (χ2v) is 7.05. The number of hydrogen-bond donors (Lipinski definition) is 0. The maximum Gasteiger partial charge on any atom is 0.129 e. The Hall–Kier alpha value is -1.62. The number of piperidine rings is 1. The molecule has 1 unspecified atom stereocenters. The summed E-state index contributed by atoms with van der Waals surface area (Å²) in [5.41, 5.74) is 1.42. The van der Waals surface area contributed by atoms with Crippen LogP contribution in [0.3, 0.4) is 0 Å². The Labute approximate surface area is 151 Å². The van der Waals surface area contributed by atoms with Gasteiger partial charge >= 0.3 is 0 Å². The molecule has 4 nitrogen and oxygen atoms in total. The Bertz CT molecular complexity index is 626. The fourth-order valence-corrected chi connectivity index (χ4v) is 3.61. The minimum atomic E-state index is 0.546. The SMILES string of the molecule is COCc1ccc(CN2CCCC(N(C)CCc3ccccc3)C2)o1.